The van der Waals surface area contributed by atoms with E-state index in [-0.39, 0.29) is 17.4 Å². The largest absolute Gasteiger partial charge is 0.469 e. The minimum absolute atomic E-state index is 0.0144. The van der Waals surface area contributed by atoms with Gasteiger partial charge >= 0.3 is 5.97 Å². The molecule has 22 heavy (non-hydrogen) atoms. The molecule has 120 valence electrons. The Hall–Kier alpha value is -1.30. The molecule has 1 heterocycles. The summed E-state index contributed by atoms with van der Waals surface area (Å²) in [5.74, 6) is -0.694. The van der Waals surface area contributed by atoms with Crippen LogP contribution in [-0.2, 0) is 14.3 Å². The van der Waals surface area contributed by atoms with Gasteiger partial charge in [0.05, 0.1) is 29.3 Å². The minimum Gasteiger partial charge on any atom is -0.469 e. The Labute approximate surface area is 139 Å². The van der Waals surface area contributed by atoms with Gasteiger partial charge in [-0.15, -0.1) is 0 Å². The zero-order chi connectivity index (χ0) is 16.1. The molecule has 1 aliphatic heterocycles. The van der Waals surface area contributed by atoms with Gasteiger partial charge in [-0.1, -0.05) is 29.3 Å². The summed E-state index contributed by atoms with van der Waals surface area (Å²) in [6.45, 7) is 1.58. The van der Waals surface area contributed by atoms with Gasteiger partial charge in [-0.2, -0.15) is 0 Å². The summed E-state index contributed by atoms with van der Waals surface area (Å²) < 4.78 is 4.69. The predicted molar refractivity (Wildman–Crippen MR) is 86.3 cm³/mol. The van der Waals surface area contributed by atoms with E-state index in [1.807, 2.05) is 4.90 Å². The zero-order valence-electron chi connectivity index (χ0n) is 12.3. The smallest absolute Gasteiger partial charge is 0.307 e. The van der Waals surface area contributed by atoms with Crippen LogP contribution in [0.2, 0.25) is 10.0 Å². The Morgan fingerprint density at radius 3 is 2.64 bits per heavy atom. The highest BCUT2D eigenvalue weighted by molar-refractivity contribution is 6.44. The van der Waals surface area contributed by atoms with E-state index in [1.54, 1.807) is 18.2 Å². The van der Waals surface area contributed by atoms with Gasteiger partial charge in [0.15, 0.2) is 0 Å². The zero-order valence-corrected chi connectivity index (χ0v) is 13.8. The monoisotopic (exact) mass is 344 g/mol. The third kappa shape index (κ3) is 4.12. The van der Waals surface area contributed by atoms with Gasteiger partial charge in [0, 0.05) is 0 Å². The van der Waals surface area contributed by atoms with Gasteiger partial charge in [0.25, 0.3) is 0 Å². The maximum atomic E-state index is 12.6. The van der Waals surface area contributed by atoms with Crippen LogP contribution in [0.25, 0.3) is 0 Å². The van der Waals surface area contributed by atoms with Gasteiger partial charge in [0.2, 0.25) is 5.91 Å². The summed E-state index contributed by atoms with van der Waals surface area (Å²) in [7, 11) is 1.31. The van der Waals surface area contributed by atoms with E-state index in [2.05, 4.69) is 5.32 Å². The third-order valence-electron chi connectivity index (χ3n) is 3.68. The van der Waals surface area contributed by atoms with Crippen LogP contribution in [0.4, 0.5) is 5.69 Å². The van der Waals surface area contributed by atoms with Crippen molar-refractivity contribution < 1.29 is 14.3 Å². The number of amides is 1. The normalized spacial score (nSPS) is 16.3. The number of hydrogen-bond donors (Lipinski definition) is 1. The van der Waals surface area contributed by atoms with Crippen molar-refractivity contribution in [3.05, 3.63) is 28.2 Å². The summed E-state index contributed by atoms with van der Waals surface area (Å²) in [6, 6.07) is 4.46. The van der Waals surface area contributed by atoms with E-state index in [1.165, 1.54) is 7.11 Å². The molecule has 1 aromatic carbocycles. The average molecular weight is 345 g/mol. The van der Waals surface area contributed by atoms with E-state index >= 15 is 0 Å². The molecule has 1 atom stereocenters. The van der Waals surface area contributed by atoms with Gasteiger partial charge in [0.1, 0.15) is 6.04 Å². The summed E-state index contributed by atoms with van der Waals surface area (Å²) in [5, 5.41) is 3.41. The lowest BCUT2D eigenvalue weighted by Crippen LogP contribution is -2.44. The van der Waals surface area contributed by atoms with Crippen molar-refractivity contribution >= 4 is 40.8 Å². The number of rotatable bonds is 5. The van der Waals surface area contributed by atoms with Crippen LogP contribution in [0, 0.1) is 0 Å². The maximum Gasteiger partial charge on any atom is 0.307 e. The number of likely N-dealkylation sites (tertiary alicyclic amines) is 1. The van der Waals surface area contributed by atoms with Gasteiger partial charge in [-0.3, -0.25) is 14.5 Å². The topological polar surface area (TPSA) is 58.6 Å². The van der Waals surface area contributed by atoms with Crippen LogP contribution in [0.5, 0.6) is 0 Å². The maximum absolute atomic E-state index is 12.6. The fraction of sp³-hybridized carbons (Fsp3) is 0.467. The number of hydrogen-bond acceptors (Lipinski definition) is 4. The van der Waals surface area contributed by atoms with E-state index < -0.39 is 12.0 Å². The van der Waals surface area contributed by atoms with E-state index in [4.69, 9.17) is 27.9 Å². The number of ether oxygens (including phenoxy) is 1. The second-order valence-electron chi connectivity index (χ2n) is 5.13. The minimum atomic E-state index is -0.565. The number of methoxy groups -OCH3 is 1. The van der Waals surface area contributed by atoms with Crippen LogP contribution in [0.3, 0.4) is 0 Å². The van der Waals surface area contributed by atoms with Crippen molar-refractivity contribution in [1.29, 1.82) is 0 Å². The lowest BCUT2D eigenvalue weighted by atomic mass is 10.1. The number of esters is 1. The number of nitrogens with one attached hydrogen (secondary N) is 1. The van der Waals surface area contributed by atoms with Crippen LogP contribution >= 0.6 is 23.2 Å². The molecule has 0 saturated carbocycles. The first kappa shape index (κ1) is 17.1. The molecule has 0 radical (unpaired) electrons. The number of benzene rings is 1. The molecular weight excluding hydrogens is 327 g/mol. The highest BCUT2D eigenvalue weighted by Gasteiger charge is 2.31. The molecule has 0 aliphatic carbocycles. The van der Waals surface area contributed by atoms with Gasteiger partial charge in [-0.25, -0.2) is 0 Å². The van der Waals surface area contributed by atoms with Crippen molar-refractivity contribution in [2.75, 3.05) is 25.5 Å². The molecule has 0 bridgehead atoms. The molecule has 5 nitrogen and oxygen atoms in total. The lowest BCUT2D eigenvalue weighted by molar-refractivity contribution is -0.144. The molecule has 1 fully saturated rings. The SMILES string of the molecule is COC(=O)C[C@H](C(=O)Nc1cccc(Cl)c1Cl)N1CCCC1. The highest BCUT2D eigenvalue weighted by Crippen LogP contribution is 2.30. The number of halogens is 2. The fourth-order valence-electron chi connectivity index (χ4n) is 2.50. The number of anilines is 1. The second kappa shape index (κ2) is 7.81. The summed E-state index contributed by atoms with van der Waals surface area (Å²) in [4.78, 5) is 26.1. The predicted octanol–water partition coefficient (Wildman–Crippen LogP) is 2.96. The molecule has 0 aromatic heterocycles. The van der Waals surface area contributed by atoms with Crippen molar-refractivity contribution in [2.24, 2.45) is 0 Å². The Kier molecular flexibility index (Phi) is 6.06. The first-order valence-electron chi connectivity index (χ1n) is 7.08. The summed E-state index contributed by atoms with van der Waals surface area (Å²) >= 11 is 12.0. The van der Waals surface area contributed by atoms with Crippen LogP contribution in [0.1, 0.15) is 19.3 Å². The van der Waals surface area contributed by atoms with E-state index in [0.717, 1.165) is 25.9 Å². The van der Waals surface area contributed by atoms with E-state index in [9.17, 15) is 9.59 Å². The molecule has 1 N–H and O–H groups in total. The molecular formula is C15H18Cl2N2O3. The number of carbonyl (C=O) groups is 2. The first-order chi connectivity index (χ1) is 10.5. The van der Waals surface area contributed by atoms with Crippen molar-refractivity contribution in [3.8, 4) is 0 Å². The molecule has 1 aromatic rings. The first-order valence-corrected chi connectivity index (χ1v) is 7.84. The third-order valence-corrected chi connectivity index (χ3v) is 4.50. The Balaban J connectivity index is 2.13. The molecule has 2 rings (SSSR count). The Morgan fingerprint density at radius 2 is 2.00 bits per heavy atom. The van der Waals surface area contributed by atoms with Crippen molar-refractivity contribution in [1.82, 2.24) is 4.90 Å². The lowest BCUT2D eigenvalue weighted by Gasteiger charge is -2.25. The van der Waals surface area contributed by atoms with E-state index in [0.29, 0.717) is 10.7 Å². The van der Waals surface area contributed by atoms with Crippen LogP contribution in [-0.4, -0.2) is 43.0 Å². The van der Waals surface area contributed by atoms with Gasteiger partial charge < -0.3 is 10.1 Å². The Bertz CT molecular complexity index is 560. The summed E-state index contributed by atoms with van der Waals surface area (Å²) in [5.41, 5.74) is 0.438. The highest BCUT2D eigenvalue weighted by atomic mass is 35.5. The molecule has 1 aliphatic rings. The summed E-state index contributed by atoms with van der Waals surface area (Å²) in [6.07, 6.45) is 2.05. The van der Waals surface area contributed by atoms with Crippen LogP contribution in [0.15, 0.2) is 18.2 Å². The van der Waals surface area contributed by atoms with Crippen molar-refractivity contribution in [3.63, 3.8) is 0 Å². The average Bonchev–Trinajstić information content (AvgIpc) is 3.03. The Morgan fingerprint density at radius 1 is 1.32 bits per heavy atom. The number of nitrogens with zero attached hydrogens (tertiary/aromatic N) is 1. The standard InChI is InChI=1S/C15H18Cl2N2O3/c1-22-13(20)9-12(19-7-2-3-8-19)15(21)18-11-6-4-5-10(16)14(11)17/h4-6,12H,2-3,7-9H2,1H3,(H,18,21)/t12-/m1/s1. The van der Waals surface area contributed by atoms with Crippen molar-refractivity contribution in [2.45, 2.75) is 25.3 Å². The quantitative estimate of drug-likeness (QED) is 0.834. The number of carbonyl (C=O) groups excluding carboxylic acids is 2. The molecule has 7 heteroatoms. The van der Waals surface area contributed by atoms with Gasteiger partial charge in [-0.05, 0) is 38.1 Å². The molecule has 0 spiro atoms. The molecule has 1 saturated heterocycles. The molecule has 1 amide bonds. The fourth-order valence-corrected chi connectivity index (χ4v) is 2.85. The molecule has 0 unspecified atom stereocenters. The second-order valence-corrected chi connectivity index (χ2v) is 5.91. The van der Waals surface area contributed by atoms with Crippen LogP contribution < -0.4 is 5.32 Å².